The van der Waals surface area contributed by atoms with E-state index >= 15 is 0 Å². The lowest BCUT2D eigenvalue weighted by Gasteiger charge is -2.33. The topological polar surface area (TPSA) is 18.5 Å². The first-order chi connectivity index (χ1) is 9.74. The highest BCUT2D eigenvalue weighted by Crippen LogP contribution is 2.27. The Balaban J connectivity index is 3.99. The van der Waals surface area contributed by atoms with Crippen molar-refractivity contribution < 1.29 is 9.47 Å². The molecule has 0 fully saturated rings. The molecule has 0 aromatic heterocycles. The molecule has 0 saturated heterocycles. The minimum atomic E-state index is -0.387. The summed E-state index contributed by atoms with van der Waals surface area (Å²) in [5.41, 5.74) is 0. The highest BCUT2D eigenvalue weighted by molar-refractivity contribution is 6.17. The van der Waals surface area contributed by atoms with E-state index in [1.807, 2.05) is 13.8 Å². The van der Waals surface area contributed by atoms with Crippen molar-refractivity contribution in [3.05, 3.63) is 0 Å². The van der Waals surface area contributed by atoms with Crippen LogP contribution < -0.4 is 0 Å². The van der Waals surface area contributed by atoms with Crippen LogP contribution in [0.3, 0.4) is 0 Å². The van der Waals surface area contributed by atoms with Gasteiger partial charge in [-0.1, -0.05) is 45.4 Å². The average Bonchev–Trinajstić information content (AvgIpc) is 2.45. The minimum absolute atomic E-state index is 0.387. The zero-order chi connectivity index (χ0) is 15.1. The van der Waals surface area contributed by atoms with Gasteiger partial charge in [0.15, 0.2) is 5.79 Å². The zero-order valence-electron chi connectivity index (χ0n) is 13.9. The van der Waals surface area contributed by atoms with E-state index in [4.69, 9.17) is 21.1 Å². The second kappa shape index (κ2) is 14.2. The molecule has 0 aliphatic heterocycles. The molecule has 0 saturated carbocycles. The van der Waals surface area contributed by atoms with Gasteiger partial charge in [0.2, 0.25) is 0 Å². The number of alkyl halides is 1. The Hall–Kier alpha value is 0.210. The molecule has 0 atom stereocenters. The largest absolute Gasteiger partial charge is 0.350 e. The fourth-order valence-corrected chi connectivity index (χ4v) is 2.80. The summed E-state index contributed by atoms with van der Waals surface area (Å²) in [5.74, 6) is 0.292. The molecule has 0 aromatic rings. The first kappa shape index (κ1) is 20.2. The van der Waals surface area contributed by atoms with Gasteiger partial charge in [0.25, 0.3) is 0 Å². The molecule has 0 aromatic carbocycles. The quantitative estimate of drug-likeness (QED) is 0.212. The zero-order valence-corrected chi connectivity index (χ0v) is 14.6. The van der Waals surface area contributed by atoms with E-state index < -0.39 is 0 Å². The number of rotatable bonds is 15. The van der Waals surface area contributed by atoms with E-state index in [-0.39, 0.29) is 5.79 Å². The molecule has 2 nitrogen and oxygen atoms in total. The van der Waals surface area contributed by atoms with Crippen molar-refractivity contribution in [1.82, 2.24) is 0 Å². The molecule has 0 rings (SSSR count). The van der Waals surface area contributed by atoms with Gasteiger partial charge in [-0.25, -0.2) is 0 Å². The van der Waals surface area contributed by atoms with Crippen LogP contribution in [0.4, 0.5) is 0 Å². The summed E-state index contributed by atoms with van der Waals surface area (Å²) in [6.07, 6.45) is 12.1. The Bertz CT molecular complexity index is 191. The number of hydrogen-bond acceptors (Lipinski definition) is 2. The van der Waals surface area contributed by atoms with Gasteiger partial charge >= 0.3 is 0 Å². The van der Waals surface area contributed by atoms with Crippen LogP contribution in [0.1, 0.15) is 85.0 Å². The number of halogens is 1. The maximum Gasteiger partial charge on any atom is 0.168 e. The average molecular weight is 307 g/mol. The molecular formula is C17H35ClO2. The van der Waals surface area contributed by atoms with Crippen molar-refractivity contribution >= 4 is 11.6 Å². The van der Waals surface area contributed by atoms with Crippen LogP contribution in [-0.4, -0.2) is 24.9 Å². The van der Waals surface area contributed by atoms with E-state index in [1.54, 1.807) is 0 Å². The number of hydrogen-bond donors (Lipinski definition) is 0. The Labute approximate surface area is 131 Å². The van der Waals surface area contributed by atoms with E-state index in [1.165, 1.54) is 44.9 Å². The number of unbranched alkanes of at least 4 members (excludes halogenated alkanes) is 6. The normalized spacial score (nSPS) is 12.0. The van der Waals surface area contributed by atoms with Crippen LogP contribution in [0, 0.1) is 0 Å². The molecule has 0 unspecified atom stereocenters. The molecule has 0 aliphatic rings. The van der Waals surface area contributed by atoms with Gasteiger partial charge in [-0.3, -0.25) is 0 Å². The van der Waals surface area contributed by atoms with Gasteiger partial charge < -0.3 is 9.47 Å². The third-order valence-electron chi connectivity index (χ3n) is 3.67. The smallest absolute Gasteiger partial charge is 0.168 e. The fraction of sp³-hybridized carbons (Fsp3) is 1.00. The van der Waals surface area contributed by atoms with Crippen LogP contribution in [0.5, 0.6) is 0 Å². The van der Waals surface area contributed by atoms with Crippen LogP contribution in [0.15, 0.2) is 0 Å². The molecule has 20 heavy (non-hydrogen) atoms. The summed E-state index contributed by atoms with van der Waals surface area (Å²) in [6, 6.07) is 0. The third kappa shape index (κ3) is 10.0. The first-order valence-electron chi connectivity index (χ1n) is 8.58. The molecule has 3 heteroatoms. The monoisotopic (exact) mass is 306 g/mol. The predicted molar refractivity (Wildman–Crippen MR) is 88.5 cm³/mol. The van der Waals surface area contributed by atoms with E-state index in [0.29, 0.717) is 19.1 Å². The second-order valence-electron chi connectivity index (χ2n) is 5.44. The molecule has 0 N–H and O–H groups in total. The van der Waals surface area contributed by atoms with Gasteiger partial charge in [-0.15, -0.1) is 11.6 Å². The van der Waals surface area contributed by atoms with Gasteiger partial charge in [0.1, 0.15) is 0 Å². The van der Waals surface area contributed by atoms with Crippen molar-refractivity contribution in [2.45, 2.75) is 90.8 Å². The highest BCUT2D eigenvalue weighted by Gasteiger charge is 2.29. The summed E-state index contributed by atoms with van der Waals surface area (Å²) in [6.45, 7) is 7.76. The first-order valence-corrected chi connectivity index (χ1v) is 9.12. The lowest BCUT2D eigenvalue weighted by molar-refractivity contribution is -0.241. The molecule has 0 spiro atoms. The van der Waals surface area contributed by atoms with Gasteiger partial charge in [-0.05, 0) is 26.7 Å². The maximum atomic E-state index is 5.94. The summed E-state index contributed by atoms with van der Waals surface area (Å²) in [5, 5.41) is 0. The minimum Gasteiger partial charge on any atom is -0.350 e. The number of ether oxygens (including phenoxy) is 2. The van der Waals surface area contributed by atoms with Crippen LogP contribution in [0.2, 0.25) is 0 Å². The maximum absolute atomic E-state index is 5.94. The van der Waals surface area contributed by atoms with Crippen LogP contribution >= 0.6 is 11.6 Å². The summed E-state index contributed by atoms with van der Waals surface area (Å²) < 4.78 is 11.9. The summed E-state index contributed by atoms with van der Waals surface area (Å²) in [4.78, 5) is 0. The second-order valence-corrected chi connectivity index (χ2v) is 5.82. The Morgan fingerprint density at radius 1 is 0.700 bits per heavy atom. The predicted octanol–water partition coefficient (Wildman–Crippen LogP) is 5.92. The molecule has 0 bridgehead atoms. The summed E-state index contributed by atoms with van der Waals surface area (Å²) >= 11 is 5.83. The van der Waals surface area contributed by atoms with Gasteiger partial charge in [-0.2, -0.15) is 0 Å². The van der Waals surface area contributed by atoms with Crippen LogP contribution in [-0.2, 0) is 9.47 Å². The van der Waals surface area contributed by atoms with E-state index in [0.717, 1.165) is 19.3 Å². The Morgan fingerprint density at radius 3 is 1.70 bits per heavy atom. The Morgan fingerprint density at radius 2 is 1.20 bits per heavy atom. The van der Waals surface area contributed by atoms with E-state index in [9.17, 15) is 0 Å². The van der Waals surface area contributed by atoms with Crippen molar-refractivity contribution in [3.8, 4) is 0 Å². The molecule has 0 radical (unpaired) electrons. The van der Waals surface area contributed by atoms with Gasteiger partial charge in [0.05, 0.1) is 0 Å². The van der Waals surface area contributed by atoms with Crippen molar-refractivity contribution in [3.63, 3.8) is 0 Å². The van der Waals surface area contributed by atoms with Crippen molar-refractivity contribution in [2.75, 3.05) is 19.1 Å². The molecule has 0 amide bonds. The lowest BCUT2D eigenvalue weighted by Crippen LogP contribution is -2.36. The van der Waals surface area contributed by atoms with E-state index in [2.05, 4.69) is 6.92 Å². The SMILES string of the molecule is CCCCCCCCCC(CCCCl)(OCC)OCC. The van der Waals surface area contributed by atoms with Gasteiger partial charge in [0, 0.05) is 31.9 Å². The highest BCUT2D eigenvalue weighted by atomic mass is 35.5. The standard InChI is InChI=1S/C17H35ClO2/c1-4-7-8-9-10-11-12-14-17(19-5-2,20-6-3)15-13-16-18/h4-16H2,1-3H3. The molecule has 0 heterocycles. The van der Waals surface area contributed by atoms with Crippen LogP contribution in [0.25, 0.3) is 0 Å². The van der Waals surface area contributed by atoms with Crippen molar-refractivity contribution in [2.24, 2.45) is 0 Å². The lowest BCUT2D eigenvalue weighted by atomic mass is 10.0. The Kier molecular flexibility index (Phi) is 14.3. The molecule has 122 valence electrons. The summed E-state index contributed by atoms with van der Waals surface area (Å²) in [7, 11) is 0. The molecular weight excluding hydrogens is 272 g/mol. The van der Waals surface area contributed by atoms with Crippen molar-refractivity contribution in [1.29, 1.82) is 0 Å². The molecule has 0 aliphatic carbocycles. The fourth-order valence-electron chi connectivity index (χ4n) is 2.67. The third-order valence-corrected chi connectivity index (χ3v) is 3.93.